The highest BCUT2D eigenvalue weighted by atomic mass is 16.6. The molecule has 4 rings (SSSR count). The smallest absolute Gasteiger partial charge is 0.408 e. The molecule has 0 aliphatic rings. The third-order valence-corrected chi connectivity index (χ3v) is 6.15. The number of likely N-dealkylation sites (N-methyl/N-ethyl adjacent to an activating group) is 1. The summed E-state index contributed by atoms with van der Waals surface area (Å²) in [5, 5.41) is 14.2. The van der Waals surface area contributed by atoms with E-state index >= 15 is 0 Å². The molecule has 0 saturated heterocycles. The quantitative estimate of drug-likeness (QED) is 0.220. The van der Waals surface area contributed by atoms with Crippen LogP contribution in [-0.4, -0.2) is 48.2 Å². The minimum absolute atomic E-state index is 0.0911. The zero-order valence-electron chi connectivity index (χ0n) is 24.5. The number of ether oxygens (including phenoxy) is 2. The van der Waals surface area contributed by atoms with Gasteiger partial charge in [-0.15, -0.1) is 0 Å². The van der Waals surface area contributed by atoms with Crippen molar-refractivity contribution in [3.63, 3.8) is 0 Å². The van der Waals surface area contributed by atoms with Gasteiger partial charge in [0.05, 0.1) is 0 Å². The van der Waals surface area contributed by atoms with Crippen molar-refractivity contribution in [2.75, 3.05) is 14.1 Å². The minimum Gasteiger partial charge on any atom is -0.479 e. The van der Waals surface area contributed by atoms with E-state index in [1.54, 1.807) is 56.6 Å². The van der Waals surface area contributed by atoms with Crippen LogP contribution in [0.3, 0.4) is 0 Å². The highest BCUT2D eigenvalue weighted by molar-refractivity contribution is 5.86. The number of carbonyl (C=O) groups excluding carboxylic acids is 3. The fourth-order valence-electron chi connectivity index (χ4n) is 3.89. The van der Waals surface area contributed by atoms with Crippen LogP contribution in [0.5, 0.6) is 0 Å². The summed E-state index contributed by atoms with van der Waals surface area (Å²) in [7, 11) is 3.30. The van der Waals surface area contributed by atoms with Crippen molar-refractivity contribution in [3.05, 3.63) is 144 Å². The second kappa shape index (κ2) is 17.3. The maximum atomic E-state index is 12.3. The van der Waals surface area contributed by atoms with Crippen molar-refractivity contribution in [3.8, 4) is 0 Å². The molecular formula is C34H35N3O7. The lowest BCUT2D eigenvalue weighted by Gasteiger charge is -2.21. The standard InChI is InChI=1S/C18H20N2O3.C16H15NO4/c1-20(2)17(21)16(15-11-7-4-8-12-15)19-18(22)23-13-14-9-5-3-6-10-14;18-15(19)14(13-9-5-2-6-10-13)17-16(20)21-11-12-7-3-1-4-8-12/h3-12,16H,13H2,1-2H3,(H,19,22);1-10,14H,11H2,(H,17,20)(H,18,19)/t16-;14-/m00/s1. The van der Waals surface area contributed by atoms with Crippen LogP contribution in [0.2, 0.25) is 0 Å². The second-order valence-electron chi connectivity index (χ2n) is 9.67. The summed E-state index contributed by atoms with van der Waals surface area (Å²) in [5.41, 5.74) is 2.92. The Kier molecular flexibility index (Phi) is 13.0. The number of carboxylic acids is 1. The lowest BCUT2D eigenvalue weighted by atomic mass is 10.1. The van der Waals surface area contributed by atoms with E-state index in [2.05, 4.69) is 10.6 Å². The lowest BCUT2D eigenvalue weighted by molar-refractivity contribution is -0.139. The number of nitrogens with one attached hydrogen (secondary N) is 2. The number of hydrogen-bond donors (Lipinski definition) is 3. The summed E-state index contributed by atoms with van der Waals surface area (Å²) in [4.78, 5) is 48.7. The molecule has 10 heteroatoms. The molecule has 0 fully saturated rings. The molecule has 0 saturated carbocycles. The van der Waals surface area contributed by atoms with E-state index < -0.39 is 30.2 Å². The zero-order chi connectivity index (χ0) is 31.7. The van der Waals surface area contributed by atoms with Gasteiger partial charge >= 0.3 is 18.2 Å². The van der Waals surface area contributed by atoms with Crippen molar-refractivity contribution < 1.29 is 33.8 Å². The van der Waals surface area contributed by atoms with E-state index in [0.717, 1.165) is 11.1 Å². The van der Waals surface area contributed by atoms with E-state index in [9.17, 15) is 24.3 Å². The van der Waals surface area contributed by atoms with Crippen LogP contribution in [0.25, 0.3) is 0 Å². The molecule has 4 aromatic rings. The maximum Gasteiger partial charge on any atom is 0.408 e. The first-order valence-electron chi connectivity index (χ1n) is 13.7. The van der Waals surface area contributed by atoms with Gasteiger partial charge in [-0.25, -0.2) is 14.4 Å². The Bertz CT molecular complexity index is 1470. The Hall–Kier alpha value is -5.64. The molecule has 10 nitrogen and oxygen atoms in total. The van der Waals surface area contributed by atoms with Gasteiger partial charge in [0, 0.05) is 14.1 Å². The van der Waals surface area contributed by atoms with E-state index in [1.165, 1.54) is 4.90 Å². The van der Waals surface area contributed by atoms with Gasteiger partial charge in [-0.2, -0.15) is 0 Å². The van der Waals surface area contributed by atoms with Crippen LogP contribution in [0.4, 0.5) is 9.59 Å². The average Bonchev–Trinajstić information content (AvgIpc) is 3.05. The molecule has 3 amide bonds. The maximum absolute atomic E-state index is 12.3. The summed E-state index contributed by atoms with van der Waals surface area (Å²) < 4.78 is 10.2. The van der Waals surface area contributed by atoms with Gasteiger partial charge in [-0.1, -0.05) is 121 Å². The Labute approximate surface area is 256 Å². The molecule has 2 atom stereocenters. The van der Waals surface area contributed by atoms with Gasteiger partial charge in [0.1, 0.15) is 19.3 Å². The van der Waals surface area contributed by atoms with Gasteiger partial charge in [0.2, 0.25) is 5.91 Å². The molecule has 0 heterocycles. The van der Waals surface area contributed by atoms with Gasteiger partial charge in [0.15, 0.2) is 6.04 Å². The summed E-state index contributed by atoms with van der Waals surface area (Å²) in [6.45, 7) is 0.248. The summed E-state index contributed by atoms with van der Waals surface area (Å²) in [6.07, 6.45) is -1.40. The average molecular weight is 598 g/mol. The molecule has 0 unspecified atom stereocenters. The lowest BCUT2D eigenvalue weighted by Crippen LogP contribution is -2.40. The highest BCUT2D eigenvalue weighted by Gasteiger charge is 2.25. The fraction of sp³-hybridized carbons (Fsp3) is 0.176. The number of benzene rings is 4. The zero-order valence-corrected chi connectivity index (χ0v) is 24.5. The summed E-state index contributed by atoms with van der Waals surface area (Å²) in [6, 6.07) is 34.2. The molecule has 0 bridgehead atoms. The van der Waals surface area contributed by atoms with E-state index in [0.29, 0.717) is 11.1 Å². The molecule has 0 aliphatic heterocycles. The Balaban J connectivity index is 0.000000241. The Morgan fingerprint density at radius 1 is 0.591 bits per heavy atom. The largest absolute Gasteiger partial charge is 0.479 e. The molecule has 0 aliphatic carbocycles. The predicted octanol–water partition coefficient (Wildman–Crippen LogP) is 5.48. The first kappa shape index (κ1) is 32.9. The summed E-state index contributed by atoms with van der Waals surface area (Å²) in [5.74, 6) is -1.36. The monoisotopic (exact) mass is 597 g/mol. The SMILES string of the molecule is CN(C)C(=O)[C@@H](NC(=O)OCc1ccccc1)c1ccccc1.O=C(N[C@H](C(=O)O)c1ccccc1)OCc1ccccc1. The van der Waals surface area contributed by atoms with E-state index in [4.69, 9.17) is 9.47 Å². The van der Waals surface area contributed by atoms with Crippen LogP contribution in [0.1, 0.15) is 34.3 Å². The van der Waals surface area contributed by atoms with Crippen LogP contribution in [-0.2, 0) is 32.3 Å². The van der Waals surface area contributed by atoms with Crippen molar-refractivity contribution in [2.24, 2.45) is 0 Å². The van der Waals surface area contributed by atoms with Crippen LogP contribution in [0, 0.1) is 0 Å². The number of rotatable bonds is 10. The number of nitrogens with zero attached hydrogens (tertiary/aromatic N) is 1. The van der Waals surface area contributed by atoms with Gasteiger partial charge in [-0.3, -0.25) is 4.79 Å². The van der Waals surface area contributed by atoms with Crippen LogP contribution >= 0.6 is 0 Å². The molecule has 4 aromatic carbocycles. The number of carboxylic acid groups (broad SMARTS) is 1. The van der Waals surface area contributed by atoms with E-state index in [1.807, 2.05) is 78.9 Å². The molecule has 44 heavy (non-hydrogen) atoms. The number of amides is 3. The topological polar surface area (TPSA) is 134 Å². The third-order valence-electron chi connectivity index (χ3n) is 6.15. The van der Waals surface area contributed by atoms with E-state index in [-0.39, 0.29) is 19.1 Å². The normalized spacial score (nSPS) is 11.4. The van der Waals surface area contributed by atoms with Crippen LogP contribution in [0.15, 0.2) is 121 Å². The Morgan fingerprint density at radius 2 is 0.932 bits per heavy atom. The predicted molar refractivity (Wildman–Crippen MR) is 164 cm³/mol. The minimum atomic E-state index is -1.14. The number of alkyl carbamates (subject to hydrolysis) is 2. The second-order valence-corrected chi connectivity index (χ2v) is 9.67. The molecule has 0 spiro atoms. The first-order valence-corrected chi connectivity index (χ1v) is 13.7. The highest BCUT2D eigenvalue weighted by Crippen LogP contribution is 2.16. The molecule has 0 radical (unpaired) electrons. The van der Waals surface area contributed by atoms with Crippen molar-refractivity contribution >= 4 is 24.1 Å². The molecule has 3 N–H and O–H groups in total. The van der Waals surface area contributed by atoms with Crippen molar-refractivity contribution in [1.29, 1.82) is 0 Å². The molecule has 0 aromatic heterocycles. The van der Waals surface area contributed by atoms with Crippen LogP contribution < -0.4 is 10.6 Å². The fourth-order valence-corrected chi connectivity index (χ4v) is 3.89. The van der Waals surface area contributed by atoms with Crippen molar-refractivity contribution in [2.45, 2.75) is 25.3 Å². The molecule has 228 valence electrons. The van der Waals surface area contributed by atoms with Gasteiger partial charge in [0.25, 0.3) is 0 Å². The number of carbonyl (C=O) groups is 4. The first-order chi connectivity index (χ1) is 21.2. The Morgan fingerprint density at radius 3 is 1.30 bits per heavy atom. The third kappa shape index (κ3) is 11.0. The molecular weight excluding hydrogens is 562 g/mol. The summed E-state index contributed by atoms with van der Waals surface area (Å²) >= 11 is 0. The van der Waals surface area contributed by atoms with Crippen molar-refractivity contribution in [1.82, 2.24) is 15.5 Å². The van der Waals surface area contributed by atoms with Gasteiger partial charge in [-0.05, 0) is 22.3 Å². The van der Waals surface area contributed by atoms with Gasteiger partial charge < -0.3 is 30.1 Å². The number of hydrogen-bond acceptors (Lipinski definition) is 6. The number of aliphatic carboxylic acids is 1.